The van der Waals surface area contributed by atoms with E-state index in [2.05, 4.69) is 46.3 Å². The summed E-state index contributed by atoms with van der Waals surface area (Å²) in [5, 5.41) is 21.8. The van der Waals surface area contributed by atoms with E-state index in [0.29, 0.717) is 11.2 Å². The predicted octanol–water partition coefficient (Wildman–Crippen LogP) is 2.55. The quantitative estimate of drug-likeness (QED) is 0.511. The van der Waals surface area contributed by atoms with Crippen LogP contribution in [0.2, 0.25) is 0 Å². The zero-order valence-corrected chi connectivity index (χ0v) is 12.2. The van der Waals surface area contributed by atoms with E-state index in [-0.39, 0.29) is 0 Å². The molecule has 7 nitrogen and oxygen atoms in total. The Morgan fingerprint density at radius 1 is 1.00 bits per heavy atom. The van der Waals surface area contributed by atoms with Gasteiger partial charge < -0.3 is 0 Å². The number of pyridine rings is 2. The first-order valence-corrected chi connectivity index (χ1v) is 6.72. The van der Waals surface area contributed by atoms with Crippen LogP contribution in [0, 0.1) is 11.3 Å². The Labute approximate surface area is 127 Å². The van der Waals surface area contributed by atoms with Crippen LogP contribution in [0.4, 0.5) is 0 Å². The minimum atomic E-state index is 0.348. The third-order valence-corrected chi connectivity index (χ3v) is 3.25. The minimum absolute atomic E-state index is 0.348. The highest BCUT2D eigenvalue weighted by Gasteiger charge is 2.03. The Hall–Kier alpha value is -2.79. The highest BCUT2D eigenvalue weighted by Crippen LogP contribution is 2.16. The van der Waals surface area contributed by atoms with Crippen LogP contribution in [0.25, 0.3) is 22.1 Å². The Bertz CT molecular complexity index is 934. The maximum atomic E-state index is 8.55. The van der Waals surface area contributed by atoms with Gasteiger partial charge in [0.05, 0.1) is 5.52 Å². The average Bonchev–Trinajstić information content (AvgIpc) is 3.12. The van der Waals surface area contributed by atoms with Crippen molar-refractivity contribution in [2.45, 2.75) is 0 Å². The van der Waals surface area contributed by atoms with Crippen LogP contribution in [0.5, 0.6) is 0 Å². The number of halogens is 1. The summed E-state index contributed by atoms with van der Waals surface area (Å²) in [5.41, 5.74) is 3.54. The summed E-state index contributed by atoms with van der Waals surface area (Å²) in [7, 11) is 0. The number of nitriles is 1. The van der Waals surface area contributed by atoms with Crippen molar-refractivity contribution in [2.75, 3.05) is 0 Å². The number of aromatic amines is 2. The highest BCUT2D eigenvalue weighted by molar-refractivity contribution is 9.10. The van der Waals surface area contributed by atoms with E-state index in [0.717, 1.165) is 21.2 Å². The number of nitrogens with zero attached hydrogens (tertiary/aromatic N) is 5. The molecule has 0 unspecified atom stereocenters. The Kier molecular flexibility index (Phi) is 3.57. The summed E-state index contributed by atoms with van der Waals surface area (Å²) in [6.07, 6.45) is 3.38. The molecule has 4 aromatic heterocycles. The van der Waals surface area contributed by atoms with Gasteiger partial charge in [0.15, 0.2) is 5.69 Å². The Morgan fingerprint density at radius 3 is 2.52 bits per heavy atom. The topological polar surface area (TPSA) is 107 Å². The van der Waals surface area contributed by atoms with Gasteiger partial charge in [0.2, 0.25) is 0 Å². The second kappa shape index (κ2) is 5.68. The van der Waals surface area contributed by atoms with E-state index in [9.17, 15) is 0 Å². The fourth-order valence-corrected chi connectivity index (χ4v) is 2.14. The molecule has 0 atom stereocenters. The lowest BCUT2D eigenvalue weighted by atomic mass is 10.3. The van der Waals surface area contributed by atoms with Crippen LogP contribution in [-0.4, -0.2) is 30.4 Å². The lowest BCUT2D eigenvalue weighted by Gasteiger charge is -1.82. The fourth-order valence-electron chi connectivity index (χ4n) is 1.75. The summed E-state index contributed by atoms with van der Waals surface area (Å²) in [6, 6.07) is 9.33. The maximum Gasteiger partial charge on any atom is 0.188 e. The van der Waals surface area contributed by atoms with E-state index < -0.39 is 0 Å². The third-order valence-electron chi connectivity index (χ3n) is 2.69. The Morgan fingerprint density at radius 2 is 1.76 bits per heavy atom. The van der Waals surface area contributed by atoms with E-state index in [4.69, 9.17) is 5.26 Å². The van der Waals surface area contributed by atoms with E-state index >= 15 is 0 Å². The number of hydrogen-bond donors (Lipinski definition) is 2. The number of aromatic nitrogens is 6. The van der Waals surface area contributed by atoms with Gasteiger partial charge >= 0.3 is 0 Å². The molecule has 0 bridgehead atoms. The van der Waals surface area contributed by atoms with Crippen molar-refractivity contribution in [3.05, 3.63) is 47.0 Å². The number of hydrogen-bond acceptors (Lipinski definition) is 5. The molecule has 0 radical (unpaired) electrons. The zero-order valence-electron chi connectivity index (χ0n) is 10.6. The molecule has 0 spiro atoms. The molecule has 0 aliphatic heterocycles. The number of fused-ring (bicyclic) bond motifs is 2. The van der Waals surface area contributed by atoms with Crippen molar-refractivity contribution in [2.24, 2.45) is 0 Å². The normalized spacial score (nSPS) is 10.1. The summed E-state index contributed by atoms with van der Waals surface area (Å²) >= 11 is 3.29. The van der Waals surface area contributed by atoms with Gasteiger partial charge in [0.1, 0.15) is 27.2 Å². The molecule has 4 aromatic rings. The van der Waals surface area contributed by atoms with Gasteiger partial charge in [-0.05, 0) is 40.2 Å². The van der Waals surface area contributed by atoms with Crippen molar-refractivity contribution in [1.82, 2.24) is 30.4 Å². The van der Waals surface area contributed by atoms with Crippen molar-refractivity contribution in [1.29, 1.82) is 5.26 Å². The van der Waals surface area contributed by atoms with E-state index in [1.165, 1.54) is 0 Å². The first-order valence-electron chi connectivity index (χ1n) is 5.93. The lowest BCUT2D eigenvalue weighted by molar-refractivity contribution is 1.10. The molecule has 0 saturated carbocycles. The predicted molar refractivity (Wildman–Crippen MR) is 80.2 cm³/mol. The number of nitrogens with one attached hydrogen (secondary N) is 2. The molecule has 0 amide bonds. The fraction of sp³-hybridized carbons (Fsp3) is 0. The van der Waals surface area contributed by atoms with Crippen LogP contribution >= 0.6 is 15.9 Å². The largest absolute Gasteiger partial charge is 0.275 e. The molecule has 0 aliphatic rings. The first-order chi connectivity index (χ1) is 10.3. The molecule has 0 aromatic carbocycles. The van der Waals surface area contributed by atoms with E-state index in [1.807, 2.05) is 24.3 Å². The molecule has 4 rings (SSSR count). The number of H-pyrrole nitrogens is 2. The van der Waals surface area contributed by atoms with Gasteiger partial charge in [-0.15, -0.1) is 0 Å². The number of rotatable bonds is 0. The first kappa shape index (κ1) is 13.2. The molecule has 8 heteroatoms. The second-order valence-electron chi connectivity index (χ2n) is 3.99. The highest BCUT2D eigenvalue weighted by atomic mass is 79.9. The molecule has 102 valence electrons. The Balaban J connectivity index is 0.000000126. The SMILES string of the molecule is Brc1[nH]nc2cccnc12.N#Cc1n[nH]c2cccnc12. The van der Waals surface area contributed by atoms with Crippen molar-refractivity contribution in [3.63, 3.8) is 0 Å². The zero-order chi connectivity index (χ0) is 14.7. The standard InChI is InChI=1S/C7H4N4.C6H4BrN3/c8-4-6-7-5(10-11-6)2-1-3-9-7;7-6-5-4(9-10-6)2-1-3-8-5/h1-3H,(H,10,11);1-3H,(H,9,10). The maximum absolute atomic E-state index is 8.55. The van der Waals surface area contributed by atoms with Crippen LogP contribution < -0.4 is 0 Å². The minimum Gasteiger partial charge on any atom is -0.275 e. The molecular formula is C13H8BrN7. The van der Waals surface area contributed by atoms with Crippen LogP contribution in [0.1, 0.15) is 5.69 Å². The average molecular weight is 342 g/mol. The lowest BCUT2D eigenvalue weighted by Crippen LogP contribution is -1.75. The third kappa shape index (κ3) is 2.59. The van der Waals surface area contributed by atoms with Gasteiger partial charge in [0, 0.05) is 12.4 Å². The molecule has 2 N–H and O–H groups in total. The molecular weight excluding hydrogens is 334 g/mol. The molecule has 21 heavy (non-hydrogen) atoms. The summed E-state index contributed by atoms with van der Waals surface area (Å²) in [6.45, 7) is 0. The van der Waals surface area contributed by atoms with Gasteiger partial charge in [-0.25, -0.2) is 0 Å². The van der Waals surface area contributed by atoms with Gasteiger partial charge in [-0.3, -0.25) is 20.2 Å². The smallest absolute Gasteiger partial charge is 0.188 e. The van der Waals surface area contributed by atoms with Gasteiger partial charge in [-0.2, -0.15) is 15.5 Å². The van der Waals surface area contributed by atoms with Gasteiger partial charge in [0.25, 0.3) is 0 Å². The van der Waals surface area contributed by atoms with Gasteiger partial charge in [-0.1, -0.05) is 0 Å². The summed E-state index contributed by atoms with van der Waals surface area (Å²) < 4.78 is 0.836. The van der Waals surface area contributed by atoms with E-state index in [1.54, 1.807) is 18.5 Å². The molecule has 0 saturated heterocycles. The monoisotopic (exact) mass is 341 g/mol. The summed E-state index contributed by atoms with van der Waals surface area (Å²) in [4.78, 5) is 8.10. The molecule has 4 heterocycles. The van der Waals surface area contributed by atoms with Crippen molar-refractivity contribution in [3.8, 4) is 6.07 Å². The van der Waals surface area contributed by atoms with Crippen molar-refractivity contribution < 1.29 is 0 Å². The molecule has 0 fully saturated rings. The van der Waals surface area contributed by atoms with Crippen LogP contribution in [-0.2, 0) is 0 Å². The van der Waals surface area contributed by atoms with Crippen LogP contribution in [0.3, 0.4) is 0 Å². The summed E-state index contributed by atoms with van der Waals surface area (Å²) in [5.74, 6) is 0. The second-order valence-corrected chi connectivity index (χ2v) is 4.79. The molecule has 0 aliphatic carbocycles. The van der Waals surface area contributed by atoms with Crippen LogP contribution in [0.15, 0.2) is 41.3 Å². The van der Waals surface area contributed by atoms with Crippen molar-refractivity contribution >= 4 is 38.0 Å².